The first-order valence-electron chi connectivity index (χ1n) is 5.25. The molecule has 0 radical (unpaired) electrons. The number of hydrogen-bond donors (Lipinski definition) is 1. The Kier molecular flexibility index (Phi) is 2.13. The van der Waals surface area contributed by atoms with Crippen LogP contribution in [0.1, 0.15) is 32.1 Å². The molecule has 3 atom stereocenters. The van der Waals surface area contributed by atoms with Gasteiger partial charge in [-0.25, -0.2) is 0 Å². The van der Waals surface area contributed by atoms with Gasteiger partial charge in [-0.1, -0.05) is 0 Å². The van der Waals surface area contributed by atoms with E-state index in [1.165, 1.54) is 38.8 Å². The summed E-state index contributed by atoms with van der Waals surface area (Å²) in [6, 6.07) is 0.562. The van der Waals surface area contributed by atoms with E-state index in [-0.39, 0.29) is 6.10 Å². The highest BCUT2D eigenvalue weighted by Gasteiger charge is 2.42. The highest BCUT2D eigenvalue weighted by atomic mass is 16.3. The van der Waals surface area contributed by atoms with Gasteiger partial charge in [0.25, 0.3) is 0 Å². The zero-order valence-electron chi connectivity index (χ0n) is 8.00. The van der Waals surface area contributed by atoms with Crippen LogP contribution in [0.5, 0.6) is 0 Å². The smallest absolute Gasteiger partial charge is 0.115 e. The van der Waals surface area contributed by atoms with Crippen LogP contribution in [0.4, 0.5) is 0 Å². The molecule has 1 N–H and O–H groups in total. The number of hydrogen-bond acceptors (Lipinski definition) is 1. The van der Waals surface area contributed by atoms with Gasteiger partial charge in [-0.2, -0.15) is 0 Å². The monoisotopic (exact) mass is 170 g/mol. The lowest BCUT2D eigenvalue weighted by molar-refractivity contribution is -0.946. The quantitative estimate of drug-likeness (QED) is 0.541. The van der Waals surface area contributed by atoms with Gasteiger partial charge in [-0.15, -0.1) is 0 Å². The molecule has 0 saturated carbocycles. The van der Waals surface area contributed by atoms with Crippen molar-refractivity contribution in [3.63, 3.8) is 0 Å². The Bertz CT molecular complexity index is 167. The molecule has 2 nitrogen and oxygen atoms in total. The lowest BCUT2D eigenvalue weighted by Gasteiger charge is -2.49. The van der Waals surface area contributed by atoms with E-state index in [1.807, 2.05) is 0 Å². The van der Waals surface area contributed by atoms with Crippen LogP contribution in [-0.2, 0) is 0 Å². The molecule has 2 aliphatic rings. The van der Waals surface area contributed by atoms with Crippen LogP contribution in [0, 0.1) is 0 Å². The third-order valence-corrected chi connectivity index (χ3v) is 3.83. The van der Waals surface area contributed by atoms with Crippen LogP contribution in [0.15, 0.2) is 0 Å². The zero-order valence-corrected chi connectivity index (χ0v) is 8.00. The van der Waals surface area contributed by atoms with Crippen LogP contribution in [0.2, 0.25) is 0 Å². The van der Waals surface area contributed by atoms with Gasteiger partial charge in [0.05, 0.1) is 20.1 Å². The van der Waals surface area contributed by atoms with Crippen molar-refractivity contribution in [3.8, 4) is 0 Å². The van der Waals surface area contributed by atoms with E-state index >= 15 is 0 Å². The van der Waals surface area contributed by atoms with Crippen molar-refractivity contribution in [1.82, 2.24) is 0 Å². The van der Waals surface area contributed by atoms with E-state index in [2.05, 4.69) is 7.05 Å². The average Bonchev–Trinajstić information content (AvgIpc) is 2.04. The van der Waals surface area contributed by atoms with Gasteiger partial charge in [0.15, 0.2) is 0 Å². The molecule has 0 aliphatic carbocycles. The average molecular weight is 170 g/mol. The zero-order chi connectivity index (χ0) is 8.60. The first kappa shape index (κ1) is 8.52. The molecule has 2 aliphatic heterocycles. The fourth-order valence-electron chi connectivity index (χ4n) is 3.04. The molecule has 0 aromatic carbocycles. The Morgan fingerprint density at radius 1 is 1.08 bits per heavy atom. The molecule has 70 valence electrons. The first-order chi connectivity index (χ1) is 5.72. The summed E-state index contributed by atoms with van der Waals surface area (Å²) in [7, 11) is 2.33. The molecule has 0 spiro atoms. The standard InChI is InChI=1S/C10H20NO/c1-11-7-3-2-5-9(11)10(12)6-4-8-11/h9-10,12H,2-8H2,1H3/q+1/t9-,10-,11+/m0/s1. The minimum absolute atomic E-state index is 0.0101. The first-order valence-corrected chi connectivity index (χ1v) is 5.25. The molecule has 0 amide bonds. The summed E-state index contributed by atoms with van der Waals surface area (Å²) in [5, 5.41) is 9.85. The minimum Gasteiger partial charge on any atom is -0.387 e. The predicted molar refractivity (Wildman–Crippen MR) is 48.8 cm³/mol. The molecule has 0 aromatic rings. The number of quaternary nitrogens is 1. The summed E-state index contributed by atoms with van der Waals surface area (Å²) in [4.78, 5) is 0. The summed E-state index contributed by atoms with van der Waals surface area (Å²) in [5.74, 6) is 0. The van der Waals surface area contributed by atoms with Crippen LogP contribution in [-0.4, -0.2) is 41.9 Å². The van der Waals surface area contributed by atoms with E-state index in [0.717, 1.165) is 10.9 Å². The maximum absolute atomic E-state index is 9.85. The van der Waals surface area contributed by atoms with Crippen LogP contribution in [0.25, 0.3) is 0 Å². The van der Waals surface area contributed by atoms with E-state index in [9.17, 15) is 5.11 Å². The second kappa shape index (κ2) is 3.00. The summed E-state index contributed by atoms with van der Waals surface area (Å²) >= 11 is 0. The fraction of sp³-hybridized carbons (Fsp3) is 1.00. The molecule has 0 unspecified atom stereocenters. The SMILES string of the molecule is C[N@+]12CCCC[C@H]1[C@@H](O)CCC2. The second-order valence-electron chi connectivity index (χ2n) is 4.70. The van der Waals surface area contributed by atoms with E-state index in [1.54, 1.807) is 0 Å². The van der Waals surface area contributed by atoms with E-state index < -0.39 is 0 Å². The topological polar surface area (TPSA) is 20.2 Å². The minimum atomic E-state index is -0.0101. The Morgan fingerprint density at radius 2 is 1.83 bits per heavy atom. The van der Waals surface area contributed by atoms with Crippen molar-refractivity contribution in [2.75, 3.05) is 20.1 Å². The third kappa shape index (κ3) is 1.27. The number of aliphatic hydroxyl groups is 1. The maximum atomic E-state index is 9.85. The lowest BCUT2D eigenvalue weighted by Crippen LogP contribution is -2.62. The number of rotatable bonds is 0. The predicted octanol–water partition coefficient (Wildman–Crippen LogP) is 1.14. The molecule has 2 heteroatoms. The highest BCUT2D eigenvalue weighted by molar-refractivity contribution is 4.77. The summed E-state index contributed by atoms with van der Waals surface area (Å²) in [5.41, 5.74) is 0. The molecule has 2 saturated heterocycles. The van der Waals surface area contributed by atoms with Crippen molar-refractivity contribution < 1.29 is 9.59 Å². The normalized spacial score (nSPS) is 48.5. The van der Waals surface area contributed by atoms with E-state index in [4.69, 9.17) is 0 Å². The van der Waals surface area contributed by atoms with Gasteiger partial charge in [-0.3, -0.25) is 0 Å². The van der Waals surface area contributed by atoms with Gasteiger partial charge < -0.3 is 9.59 Å². The molecule has 0 bridgehead atoms. The van der Waals surface area contributed by atoms with Gasteiger partial charge >= 0.3 is 0 Å². The van der Waals surface area contributed by atoms with Crippen molar-refractivity contribution in [2.45, 2.75) is 44.2 Å². The summed E-state index contributed by atoms with van der Waals surface area (Å²) in [6.45, 7) is 2.59. The van der Waals surface area contributed by atoms with Crippen molar-refractivity contribution in [1.29, 1.82) is 0 Å². The fourth-order valence-corrected chi connectivity index (χ4v) is 3.04. The molecule has 2 fully saturated rings. The Labute approximate surface area is 74.8 Å². The van der Waals surface area contributed by atoms with Crippen LogP contribution < -0.4 is 0 Å². The summed E-state index contributed by atoms with van der Waals surface area (Å²) < 4.78 is 1.15. The Morgan fingerprint density at radius 3 is 2.58 bits per heavy atom. The second-order valence-corrected chi connectivity index (χ2v) is 4.70. The van der Waals surface area contributed by atoms with Gasteiger partial charge in [0, 0.05) is 6.42 Å². The van der Waals surface area contributed by atoms with Crippen molar-refractivity contribution in [2.24, 2.45) is 0 Å². The van der Waals surface area contributed by atoms with Crippen molar-refractivity contribution >= 4 is 0 Å². The number of fused-ring (bicyclic) bond motifs is 1. The Hall–Kier alpha value is -0.0800. The number of aliphatic hydroxyl groups excluding tert-OH is 1. The lowest BCUT2D eigenvalue weighted by atomic mass is 9.88. The molecular weight excluding hydrogens is 150 g/mol. The van der Waals surface area contributed by atoms with Crippen molar-refractivity contribution in [3.05, 3.63) is 0 Å². The van der Waals surface area contributed by atoms with Crippen LogP contribution in [0.3, 0.4) is 0 Å². The Balaban J connectivity index is 2.12. The summed E-state index contributed by atoms with van der Waals surface area (Å²) in [6.07, 6.45) is 6.18. The molecule has 12 heavy (non-hydrogen) atoms. The number of likely N-dealkylation sites (N-methyl/N-ethyl adjacent to an activating group) is 1. The van der Waals surface area contributed by atoms with Gasteiger partial charge in [0.2, 0.25) is 0 Å². The van der Waals surface area contributed by atoms with Crippen LogP contribution >= 0.6 is 0 Å². The number of piperidine rings is 2. The molecule has 2 heterocycles. The third-order valence-electron chi connectivity index (χ3n) is 3.83. The van der Waals surface area contributed by atoms with Gasteiger partial charge in [0.1, 0.15) is 12.1 Å². The highest BCUT2D eigenvalue weighted by Crippen LogP contribution is 2.31. The largest absolute Gasteiger partial charge is 0.387 e. The molecule has 0 aromatic heterocycles. The van der Waals surface area contributed by atoms with Gasteiger partial charge in [-0.05, 0) is 25.7 Å². The number of nitrogens with zero attached hydrogens (tertiary/aromatic N) is 1. The molecule has 2 rings (SSSR count). The van der Waals surface area contributed by atoms with E-state index in [0.29, 0.717) is 6.04 Å². The maximum Gasteiger partial charge on any atom is 0.115 e. The molecular formula is C10H20NO+.